The molecule has 0 saturated heterocycles. The summed E-state index contributed by atoms with van der Waals surface area (Å²) in [6.07, 6.45) is -0.0685. The van der Waals surface area contributed by atoms with Gasteiger partial charge in [-0.2, -0.15) is 0 Å². The summed E-state index contributed by atoms with van der Waals surface area (Å²) in [5.41, 5.74) is -0.150. The van der Waals surface area contributed by atoms with Gasteiger partial charge in [0.1, 0.15) is 11.5 Å². The summed E-state index contributed by atoms with van der Waals surface area (Å²) in [5.74, 6) is -0.341. The summed E-state index contributed by atoms with van der Waals surface area (Å²) in [6, 6.07) is 4.90. The standard InChI is InChI=1S/C12H16O4/c1-12(2,7-10(14)15)11-8(13)5-4-6-9(11)16-3/h4-6,13H,7H2,1-3H3,(H,14,15). The first-order chi connectivity index (χ1) is 7.38. The van der Waals surface area contributed by atoms with Crippen LogP contribution in [0.25, 0.3) is 0 Å². The quantitative estimate of drug-likeness (QED) is 0.822. The summed E-state index contributed by atoms with van der Waals surface area (Å²) >= 11 is 0. The SMILES string of the molecule is COc1cccc(O)c1C(C)(C)CC(=O)O. The molecule has 0 saturated carbocycles. The van der Waals surface area contributed by atoms with Gasteiger partial charge in [-0.3, -0.25) is 4.79 Å². The van der Waals surface area contributed by atoms with Crippen molar-refractivity contribution in [1.82, 2.24) is 0 Å². The molecule has 1 aromatic rings. The van der Waals surface area contributed by atoms with E-state index in [1.165, 1.54) is 13.2 Å². The average molecular weight is 224 g/mol. The summed E-state index contributed by atoms with van der Waals surface area (Å²) in [4.78, 5) is 10.8. The minimum atomic E-state index is -0.907. The molecular weight excluding hydrogens is 208 g/mol. The van der Waals surface area contributed by atoms with Crippen LogP contribution >= 0.6 is 0 Å². The number of carboxylic acids is 1. The summed E-state index contributed by atoms with van der Waals surface area (Å²) < 4.78 is 5.14. The Kier molecular flexibility index (Phi) is 3.42. The zero-order valence-electron chi connectivity index (χ0n) is 9.65. The highest BCUT2D eigenvalue weighted by Crippen LogP contribution is 2.40. The second-order valence-electron chi connectivity index (χ2n) is 4.31. The van der Waals surface area contributed by atoms with E-state index in [1.54, 1.807) is 26.0 Å². The van der Waals surface area contributed by atoms with Crippen LogP contribution in [0.4, 0.5) is 0 Å². The minimum absolute atomic E-state index is 0.0607. The number of hydrogen-bond acceptors (Lipinski definition) is 3. The number of carboxylic acid groups (broad SMARTS) is 1. The van der Waals surface area contributed by atoms with Crippen LogP contribution in [0.3, 0.4) is 0 Å². The third kappa shape index (κ3) is 2.45. The molecule has 4 heteroatoms. The van der Waals surface area contributed by atoms with Crippen LogP contribution in [0, 0.1) is 0 Å². The molecule has 0 aliphatic rings. The molecule has 0 bridgehead atoms. The molecule has 0 spiro atoms. The van der Waals surface area contributed by atoms with Crippen molar-refractivity contribution in [3.63, 3.8) is 0 Å². The van der Waals surface area contributed by atoms with Gasteiger partial charge < -0.3 is 14.9 Å². The first-order valence-corrected chi connectivity index (χ1v) is 4.96. The Hall–Kier alpha value is -1.71. The van der Waals surface area contributed by atoms with Crippen LogP contribution in [0.2, 0.25) is 0 Å². The lowest BCUT2D eigenvalue weighted by molar-refractivity contribution is -0.138. The fourth-order valence-corrected chi connectivity index (χ4v) is 1.84. The zero-order valence-corrected chi connectivity index (χ0v) is 9.65. The molecule has 0 fully saturated rings. The van der Waals surface area contributed by atoms with Crippen molar-refractivity contribution in [2.75, 3.05) is 7.11 Å². The zero-order chi connectivity index (χ0) is 12.3. The molecule has 88 valence electrons. The lowest BCUT2D eigenvalue weighted by Gasteiger charge is -2.26. The van der Waals surface area contributed by atoms with Gasteiger partial charge in [-0.05, 0) is 12.1 Å². The predicted molar refractivity (Wildman–Crippen MR) is 59.9 cm³/mol. The molecule has 0 aliphatic carbocycles. The topological polar surface area (TPSA) is 66.8 Å². The molecule has 0 unspecified atom stereocenters. The molecule has 0 heterocycles. The molecule has 0 amide bonds. The van der Waals surface area contributed by atoms with Gasteiger partial charge in [0, 0.05) is 11.0 Å². The number of ether oxygens (including phenoxy) is 1. The van der Waals surface area contributed by atoms with E-state index in [1.807, 2.05) is 0 Å². The number of benzene rings is 1. The van der Waals surface area contributed by atoms with Crippen LogP contribution in [0.5, 0.6) is 11.5 Å². The van der Waals surface area contributed by atoms with Gasteiger partial charge in [-0.25, -0.2) is 0 Å². The second-order valence-corrected chi connectivity index (χ2v) is 4.31. The maximum atomic E-state index is 10.8. The summed E-state index contributed by atoms with van der Waals surface area (Å²) in [6.45, 7) is 3.53. The Balaban J connectivity index is 3.24. The molecule has 1 aromatic carbocycles. The Morgan fingerprint density at radius 2 is 2.06 bits per heavy atom. The van der Waals surface area contributed by atoms with Gasteiger partial charge in [-0.15, -0.1) is 0 Å². The molecule has 0 aromatic heterocycles. The van der Waals surface area contributed by atoms with Crippen LogP contribution in [0.1, 0.15) is 25.8 Å². The van der Waals surface area contributed by atoms with Gasteiger partial charge in [0.05, 0.1) is 13.5 Å². The molecule has 0 atom stereocenters. The normalized spacial score (nSPS) is 11.2. The van der Waals surface area contributed by atoms with E-state index < -0.39 is 11.4 Å². The Bertz CT molecular complexity index is 396. The Morgan fingerprint density at radius 1 is 1.44 bits per heavy atom. The van der Waals surface area contributed by atoms with Crippen molar-refractivity contribution in [3.05, 3.63) is 23.8 Å². The lowest BCUT2D eigenvalue weighted by atomic mass is 9.80. The number of aromatic hydroxyl groups is 1. The number of phenolic OH excluding ortho intramolecular Hbond substituents is 1. The lowest BCUT2D eigenvalue weighted by Crippen LogP contribution is -2.22. The van der Waals surface area contributed by atoms with Gasteiger partial charge in [0.15, 0.2) is 0 Å². The number of phenols is 1. The van der Waals surface area contributed by atoms with Crippen molar-refractivity contribution in [1.29, 1.82) is 0 Å². The van der Waals surface area contributed by atoms with Crippen molar-refractivity contribution in [2.45, 2.75) is 25.7 Å². The number of hydrogen-bond donors (Lipinski definition) is 2. The minimum Gasteiger partial charge on any atom is -0.508 e. The smallest absolute Gasteiger partial charge is 0.304 e. The molecule has 2 N–H and O–H groups in total. The molecule has 4 nitrogen and oxygen atoms in total. The van der Waals surface area contributed by atoms with Crippen molar-refractivity contribution < 1.29 is 19.7 Å². The summed E-state index contributed by atoms with van der Waals surface area (Å²) in [7, 11) is 1.50. The van der Waals surface area contributed by atoms with E-state index in [2.05, 4.69) is 0 Å². The maximum Gasteiger partial charge on any atom is 0.304 e. The predicted octanol–water partition coefficient (Wildman–Crippen LogP) is 2.15. The highest BCUT2D eigenvalue weighted by Gasteiger charge is 2.30. The largest absolute Gasteiger partial charge is 0.508 e. The van der Waals surface area contributed by atoms with E-state index in [-0.39, 0.29) is 12.2 Å². The first-order valence-electron chi connectivity index (χ1n) is 4.96. The molecule has 1 rings (SSSR count). The highest BCUT2D eigenvalue weighted by molar-refractivity contribution is 5.70. The van der Waals surface area contributed by atoms with Crippen LogP contribution in [0.15, 0.2) is 18.2 Å². The first kappa shape index (κ1) is 12.4. The summed E-state index contributed by atoms with van der Waals surface area (Å²) in [5, 5.41) is 18.6. The molecule has 0 aliphatic heterocycles. The fraction of sp³-hybridized carbons (Fsp3) is 0.417. The molecule has 16 heavy (non-hydrogen) atoms. The number of carbonyl (C=O) groups is 1. The van der Waals surface area contributed by atoms with E-state index in [4.69, 9.17) is 9.84 Å². The molecular formula is C12H16O4. The maximum absolute atomic E-state index is 10.8. The van der Waals surface area contributed by atoms with Crippen LogP contribution < -0.4 is 4.74 Å². The van der Waals surface area contributed by atoms with Gasteiger partial charge in [0.25, 0.3) is 0 Å². The van der Waals surface area contributed by atoms with Gasteiger partial charge >= 0.3 is 5.97 Å². The monoisotopic (exact) mass is 224 g/mol. The van der Waals surface area contributed by atoms with Gasteiger partial charge in [-0.1, -0.05) is 19.9 Å². The number of rotatable bonds is 4. The second kappa shape index (κ2) is 4.43. The fourth-order valence-electron chi connectivity index (χ4n) is 1.84. The van der Waals surface area contributed by atoms with Crippen LogP contribution in [-0.2, 0) is 10.2 Å². The van der Waals surface area contributed by atoms with Crippen LogP contribution in [-0.4, -0.2) is 23.3 Å². The highest BCUT2D eigenvalue weighted by atomic mass is 16.5. The average Bonchev–Trinajstić information content (AvgIpc) is 2.14. The van der Waals surface area contributed by atoms with Crippen molar-refractivity contribution in [3.8, 4) is 11.5 Å². The van der Waals surface area contributed by atoms with E-state index in [0.717, 1.165) is 0 Å². The van der Waals surface area contributed by atoms with Crippen molar-refractivity contribution in [2.24, 2.45) is 0 Å². The Morgan fingerprint density at radius 3 is 2.56 bits per heavy atom. The van der Waals surface area contributed by atoms with Crippen molar-refractivity contribution >= 4 is 5.97 Å². The molecule has 0 radical (unpaired) electrons. The van der Waals surface area contributed by atoms with E-state index in [9.17, 15) is 9.90 Å². The third-order valence-corrected chi connectivity index (χ3v) is 2.49. The van der Waals surface area contributed by atoms with E-state index in [0.29, 0.717) is 11.3 Å². The van der Waals surface area contributed by atoms with E-state index >= 15 is 0 Å². The number of aliphatic carboxylic acids is 1. The number of methoxy groups -OCH3 is 1. The third-order valence-electron chi connectivity index (χ3n) is 2.49. The van der Waals surface area contributed by atoms with Gasteiger partial charge in [0.2, 0.25) is 0 Å². The Labute approximate surface area is 94.5 Å².